The minimum Gasteiger partial charge on any atom is -1.00 e. The summed E-state index contributed by atoms with van der Waals surface area (Å²) < 4.78 is 2.53. The molecule has 3 aromatic rings. The standard InChI is InChI=1S/C18H13BrN2O3.ClH/c19-14-6-3-12(4-7-14)15-2-1-9-21(20-15)11-18(24)13-5-8-16(22)17(23)10-13;/h1-10,20H,11H2;1H. The number of aromatic nitrogens is 2. The van der Waals surface area contributed by atoms with Gasteiger partial charge in [0.2, 0.25) is 12.3 Å². The monoisotopic (exact) mass is 420 g/mol. The number of hydrogen-bond acceptors (Lipinski definition) is 4. The van der Waals surface area contributed by atoms with Gasteiger partial charge in [-0.1, -0.05) is 32.7 Å². The van der Waals surface area contributed by atoms with Gasteiger partial charge in [-0.2, -0.15) is 0 Å². The molecule has 0 atom stereocenters. The first kappa shape index (κ1) is 18.9. The van der Waals surface area contributed by atoms with E-state index in [0.717, 1.165) is 15.7 Å². The number of halogens is 2. The quantitative estimate of drug-likeness (QED) is 0.356. The van der Waals surface area contributed by atoms with Crippen molar-refractivity contribution in [1.82, 2.24) is 5.10 Å². The van der Waals surface area contributed by atoms with E-state index in [0.29, 0.717) is 5.56 Å². The zero-order valence-electron chi connectivity index (χ0n) is 12.9. The highest BCUT2D eigenvalue weighted by Crippen LogP contribution is 2.25. The third-order valence-electron chi connectivity index (χ3n) is 3.49. The topological polar surface area (TPSA) is 74.3 Å². The molecule has 0 bridgehead atoms. The summed E-state index contributed by atoms with van der Waals surface area (Å²) in [4.78, 5) is 12.3. The summed E-state index contributed by atoms with van der Waals surface area (Å²) in [5.41, 5.74) is 2.02. The Balaban J connectivity index is 0.00000225. The zero-order chi connectivity index (χ0) is 17.1. The Labute approximate surface area is 159 Å². The number of hydrogen-bond donors (Lipinski definition) is 2. The maximum Gasteiger partial charge on any atom is 0.236 e. The Morgan fingerprint density at radius 2 is 1.76 bits per heavy atom. The fraction of sp³-hybridized carbons (Fsp3) is 0.0556. The lowest BCUT2D eigenvalue weighted by Crippen LogP contribution is -3.00. The van der Waals surface area contributed by atoms with E-state index in [1.165, 1.54) is 18.2 Å². The first-order valence-corrected chi connectivity index (χ1v) is 8.00. The number of Topliss-reactive ketones (excluding diaryl/α,β-unsaturated/α-hetero) is 1. The molecule has 7 heteroatoms. The fourth-order valence-electron chi connectivity index (χ4n) is 2.24. The first-order valence-electron chi connectivity index (χ1n) is 7.21. The normalized spacial score (nSPS) is 10.1. The number of benzene rings is 2. The molecular formula is C18H14BrClN2O3. The molecule has 0 spiro atoms. The lowest BCUT2D eigenvalue weighted by Gasteiger charge is -2.02. The Bertz CT molecular complexity index is 901. The largest absolute Gasteiger partial charge is 1.00 e. The SMILES string of the molecule is O=C(C[n+]1cccc(-c2ccc(Br)cc2)n1)c1ccc(O)c(O)c1.[Cl-]. The van der Waals surface area contributed by atoms with E-state index >= 15 is 0 Å². The van der Waals surface area contributed by atoms with Crippen LogP contribution in [0.1, 0.15) is 10.4 Å². The van der Waals surface area contributed by atoms with Crippen molar-refractivity contribution in [3.63, 3.8) is 0 Å². The average molecular weight is 422 g/mol. The summed E-state index contributed by atoms with van der Waals surface area (Å²) in [6.45, 7) is 0.0363. The van der Waals surface area contributed by atoms with Crippen LogP contribution in [-0.4, -0.2) is 21.1 Å². The van der Waals surface area contributed by atoms with Crippen LogP contribution in [0.15, 0.2) is 65.3 Å². The van der Waals surface area contributed by atoms with Gasteiger partial charge in [-0.15, -0.1) is 0 Å². The summed E-state index contributed by atoms with van der Waals surface area (Å²) in [7, 11) is 0. The molecule has 5 nitrogen and oxygen atoms in total. The van der Waals surface area contributed by atoms with Crippen molar-refractivity contribution in [1.29, 1.82) is 0 Å². The molecule has 0 fully saturated rings. The molecule has 3 rings (SSSR count). The van der Waals surface area contributed by atoms with E-state index in [1.54, 1.807) is 10.9 Å². The van der Waals surface area contributed by atoms with Crippen LogP contribution in [0.3, 0.4) is 0 Å². The summed E-state index contributed by atoms with van der Waals surface area (Å²) in [5.74, 6) is -0.784. The first-order chi connectivity index (χ1) is 11.5. The molecule has 0 aliphatic carbocycles. The Kier molecular flexibility index (Phi) is 6.12. The van der Waals surface area contributed by atoms with Crippen molar-refractivity contribution in [3.8, 4) is 22.8 Å². The van der Waals surface area contributed by atoms with Crippen molar-refractivity contribution < 1.29 is 32.1 Å². The van der Waals surface area contributed by atoms with E-state index in [4.69, 9.17) is 0 Å². The number of nitrogens with zero attached hydrogens (tertiary/aromatic N) is 2. The van der Waals surface area contributed by atoms with Gasteiger partial charge in [-0.3, -0.25) is 4.79 Å². The smallest absolute Gasteiger partial charge is 0.236 e. The summed E-state index contributed by atoms with van der Waals surface area (Å²) >= 11 is 3.39. The lowest BCUT2D eigenvalue weighted by atomic mass is 10.1. The van der Waals surface area contributed by atoms with Gasteiger partial charge in [0.1, 0.15) is 5.69 Å². The molecule has 0 saturated heterocycles. The van der Waals surface area contributed by atoms with Crippen LogP contribution in [-0.2, 0) is 6.54 Å². The van der Waals surface area contributed by atoms with Crippen LogP contribution in [0.5, 0.6) is 11.5 Å². The van der Waals surface area contributed by atoms with Gasteiger partial charge >= 0.3 is 0 Å². The second-order valence-corrected chi connectivity index (χ2v) is 6.14. The maximum absolute atomic E-state index is 12.3. The number of rotatable bonds is 4. The highest BCUT2D eigenvalue weighted by atomic mass is 79.9. The molecule has 25 heavy (non-hydrogen) atoms. The van der Waals surface area contributed by atoms with Crippen LogP contribution in [0.4, 0.5) is 0 Å². The average Bonchev–Trinajstić information content (AvgIpc) is 2.58. The number of phenolic OH excluding ortho intramolecular Hbond substituents is 2. The van der Waals surface area contributed by atoms with Crippen molar-refractivity contribution in [2.24, 2.45) is 0 Å². The number of carbonyl (C=O) groups is 1. The van der Waals surface area contributed by atoms with Crippen LogP contribution < -0.4 is 17.1 Å². The van der Waals surface area contributed by atoms with Gasteiger partial charge in [0.15, 0.2) is 17.7 Å². The Hall–Kier alpha value is -2.44. The van der Waals surface area contributed by atoms with E-state index in [1.807, 2.05) is 36.4 Å². The van der Waals surface area contributed by atoms with E-state index in [-0.39, 0.29) is 36.2 Å². The summed E-state index contributed by atoms with van der Waals surface area (Å²) in [5, 5.41) is 23.3. The maximum atomic E-state index is 12.3. The molecule has 0 unspecified atom stereocenters. The Morgan fingerprint density at radius 3 is 2.44 bits per heavy atom. The Morgan fingerprint density at radius 1 is 1.04 bits per heavy atom. The third kappa shape index (κ3) is 4.55. The molecule has 1 aromatic heterocycles. The van der Waals surface area contributed by atoms with E-state index < -0.39 is 0 Å². The molecule has 0 aliphatic rings. The summed E-state index contributed by atoms with van der Waals surface area (Å²) in [6.07, 6.45) is 1.71. The molecule has 1 heterocycles. The number of ketones is 1. The minimum atomic E-state index is -0.317. The van der Waals surface area contributed by atoms with Crippen molar-refractivity contribution in [2.45, 2.75) is 6.54 Å². The minimum absolute atomic E-state index is 0. The van der Waals surface area contributed by atoms with Gasteiger partial charge < -0.3 is 22.6 Å². The third-order valence-corrected chi connectivity index (χ3v) is 4.02. The molecule has 0 radical (unpaired) electrons. The van der Waals surface area contributed by atoms with Gasteiger partial charge in [-0.25, -0.2) is 0 Å². The molecule has 2 aromatic carbocycles. The predicted octanol–water partition coefficient (Wildman–Crippen LogP) is 0.0967. The number of phenols is 2. The fourth-order valence-corrected chi connectivity index (χ4v) is 2.50. The molecule has 0 saturated carbocycles. The van der Waals surface area contributed by atoms with Crippen LogP contribution in [0.25, 0.3) is 11.3 Å². The van der Waals surface area contributed by atoms with Crippen LogP contribution in [0.2, 0.25) is 0 Å². The van der Waals surface area contributed by atoms with Crippen LogP contribution >= 0.6 is 15.9 Å². The predicted molar refractivity (Wildman–Crippen MR) is 91.7 cm³/mol. The van der Waals surface area contributed by atoms with Gasteiger partial charge in [0.25, 0.3) is 0 Å². The van der Waals surface area contributed by atoms with E-state index in [9.17, 15) is 15.0 Å². The molecule has 128 valence electrons. The number of carbonyl (C=O) groups excluding carboxylic acids is 1. The van der Waals surface area contributed by atoms with Crippen molar-refractivity contribution >= 4 is 21.7 Å². The second kappa shape index (κ2) is 8.09. The van der Waals surface area contributed by atoms with Gasteiger partial charge in [-0.05, 0) is 36.4 Å². The van der Waals surface area contributed by atoms with Crippen LogP contribution in [0, 0.1) is 0 Å². The van der Waals surface area contributed by atoms with Crippen molar-refractivity contribution in [3.05, 3.63) is 70.8 Å². The van der Waals surface area contributed by atoms with Crippen molar-refractivity contribution in [2.75, 3.05) is 0 Å². The molecule has 0 amide bonds. The zero-order valence-corrected chi connectivity index (χ0v) is 15.3. The highest BCUT2D eigenvalue weighted by Gasteiger charge is 2.16. The highest BCUT2D eigenvalue weighted by molar-refractivity contribution is 9.10. The second-order valence-electron chi connectivity index (χ2n) is 5.22. The van der Waals surface area contributed by atoms with Gasteiger partial charge in [0.05, 0.1) is 0 Å². The summed E-state index contributed by atoms with van der Waals surface area (Å²) in [6, 6.07) is 15.4. The lowest BCUT2D eigenvalue weighted by molar-refractivity contribution is -0.740. The molecular weight excluding hydrogens is 408 g/mol. The molecule has 2 N–H and O–H groups in total. The van der Waals surface area contributed by atoms with Gasteiger partial charge in [0, 0.05) is 26.8 Å². The number of aromatic hydroxyl groups is 2. The molecule has 0 aliphatic heterocycles. The van der Waals surface area contributed by atoms with E-state index in [2.05, 4.69) is 21.0 Å².